The summed E-state index contributed by atoms with van der Waals surface area (Å²) in [6.07, 6.45) is 5.34. The molecule has 1 aromatic carbocycles. The van der Waals surface area contributed by atoms with Gasteiger partial charge in [-0.05, 0) is 50.2 Å². The molecule has 7 heteroatoms. The highest BCUT2D eigenvalue weighted by atomic mass is 19.1. The number of nitrogens with one attached hydrogen (secondary N) is 1. The van der Waals surface area contributed by atoms with E-state index in [1.165, 1.54) is 12.1 Å². The molecular weight excluding hydrogens is 357 g/mol. The summed E-state index contributed by atoms with van der Waals surface area (Å²) >= 11 is 0. The van der Waals surface area contributed by atoms with Gasteiger partial charge in [0.1, 0.15) is 11.5 Å². The number of carbonyl (C=O) groups excluding carboxylic acids is 1. The Morgan fingerprint density at radius 2 is 1.89 bits per heavy atom. The van der Waals surface area contributed by atoms with E-state index in [0.717, 1.165) is 22.5 Å². The minimum Gasteiger partial charge on any atom is -0.345 e. The Hall–Kier alpha value is -3.48. The van der Waals surface area contributed by atoms with Crippen molar-refractivity contribution in [2.75, 3.05) is 0 Å². The molecule has 0 aliphatic rings. The molecule has 0 saturated heterocycles. The van der Waals surface area contributed by atoms with Gasteiger partial charge in [-0.15, -0.1) is 0 Å². The first-order valence-corrected chi connectivity index (χ1v) is 8.96. The number of imidazole rings is 1. The molecule has 1 N–H and O–H groups in total. The lowest BCUT2D eigenvalue weighted by atomic mass is 10.1. The van der Waals surface area contributed by atoms with Crippen LogP contribution in [-0.4, -0.2) is 25.1 Å². The molecule has 1 atom stereocenters. The number of aromatic nitrogens is 4. The van der Waals surface area contributed by atoms with Gasteiger partial charge in [0.05, 0.1) is 23.5 Å². The number of halogens is 1. The van der Waals surface area contributed by atoms with Crippen molar-refractivity contribution in [2.24, 2.45) is 7.05 Å². The summed E-state index contributed by atoms with van der Waals surface area (Å²) < 4.78 is 16.7. The lowest BCUT2D eigenvalue weighted by Crippen LogP contribution is -2.27. The summed E-state index contributed by atoms with van der Waals surface area (Å²) in [7, 11) is 1.87. The summed E-state index contributed by atoms with van der Waals surface area (Å²) in [6.45, 7) is 3.91. The molecule has 3 heterocycles. The molecule has 0 fully saturated rings. The molecule has 28 heavy (non-hydrogen) atoms. The van der Waals surface area contributed by atoms with Gasteiger partial charge in [0.2, 0.25) is 0 Å². The first-order chi connectivity index (χ1) is 13.4. The smallest absolute Gasteiger partial charge is 0.253 e. The molecule has 0 aliphatic heterocycles. The van der Waals surface area contributed by atoms with E-state index in [2.05, 4.69) is 15.4 Å². The fourth-order valence-corrected chi connectivity index (χ4v) is 3.18. The number of aryl methyl sites for hydroxylation is 1. The zero-order valence-corrected chi connectivity index (χ0v) is 15.8. The number of nitrogens with zero attached hydrogens (tertiary/aromatic N) is 4. The Labute approximate surface area is 161 Å². The van der Waals surface area contributed by atoms with Crippen LogP contribution >= 0.6 is 0 Å². The van der Waals surface area contributed by atoms with Crippen molar-refractivity contribution in [2.45, 2.75) is 19.9 Å². The van der Waals surface area contributed by atoms with Gasteiger partial charge in [0.25, 0.3) is 5.91 Å². The summed E-state index contributed by atoms with van der Waals surface area (Å²) in [6, 6.07) is 9.55. The lowest BCUT2D eigenvalue weighted by molar-refractivity contribution is 0.0939. The molecule has 4 rings (SSSR count). The van der Waals surface area contributed by atoms with E-state index in [-0.39, 0.29) is 17.8 Å². The van der Waals surface area contributed by atoms with E-state index in [1.54, 1.807) is 45.7 Å². The summed E-state index contributed by atoms with van der Waals surface area (Å²) in [5.74, 6) is -0.459. The number of fused-ring (bicyclic) bond motifs is 1. The van der Waals surface area contributed by atoms with Gasteiger partial charge < -0.3 is 9.72 Å². The van der Waals surface area contributed by atoms with Crippen molar-refractivity contribution in [3.05, 3.63) is 77.6 Å². The highest BCUT2D eigenvalue weighted by Gasteiger charge is 2.16. The predicted molar refractivity (Wildman–Crippen MR) is 104 cm³/mol. The number of benzene rings is 1. The van der Waals surface area contributed by atoms with Crippen molar-refractivity contribution in [3.63, 3.8) is 0 Å². The summed E-state index contributed by atoms with van der Waals surface area (Å²) in [5, 5.41) is 7.23. The van der Waals surface area contributed by atoms with Crippen LogP contribution in [0.5, 0.6) is 0 Å². The van der Waals surface area contributed by atoms with Gasteiger partial charge in [-0.1, -0.05) is 0 Å². The van der Waals surface area contributed by atoms with Gasteiger partial charge in [-0.3, -0.25) is 9.48 Å². The van der Waals surface area contributed by atoms with E-state index in [0.29, 0.717) is 11.2 Å². The van der Waals surface area contributed by atoms with E-state index >= 15 is 0 Å². The van der Waals surface area contributed by atoms with Crippen LogP contribution in [0.25, 0.3) is 16.9 Å². The third kappa shape index (κ3) is 3.26. The standard InChI is InChI=1S/C21H20FN5O/c1-13(18-10-23-26(3)14(18)2)24-21(28)16-6-9-20-25-19(12-27(20)11-16)15-4-7-17(22)8-5-15/h4-13H,1-3H3,(H,24,28)/t13-/m0/s1. The van der Waals surface area contributed by atoms with Crippen molar-refractivity contribution in [1.29, 1.82) is 0 Å². The molecule has 0 aliphatic carbocycles. The topological polar surface area (TPSA) is 64.2 Å². The third-order valence-corrected chi connectivity index (χ3v) is 4.94. The van der Waals surface area contributed by atoms with E-state index in [4.69, 9.17) is 0 Å². The molecule has 4 aromatic rings. The lowest BCUT2D eigenvalue weighted by Gasteiger charge is -2.14. The zero-order chi connectivity index (χ0) is 19.8. The first-order valence-electron chi connectivity index (χ1n) is 8.96. The van der Waals surface area contributed by atoms with Crippen LogP contribution in [0.3, 0.4) is 0 Å². The maximum absolute atomic E-state index is 13.1. The van der Waals surface area contributed by atoms with Crippen LogP contribution in [0, 0.1) is 12.7 Å². The third-order valence-electron chi connectivity index (χ3n) is 4.94. The van der Waals surface area contributed by atoms with Crippen LogP contribution < -0.4 is 5.32 Å². The molecule has 142 valence electrons. The number of rotatable bonds is 4. The minimum absolute atomic E-state index is 0.158. The molecular formula is C21H20FN5O. The average molecular weight is 377 g/mol. The van der Waals surface area contributed by atoms with Crippen LogP contribution in [-0.2, 0) is 7.05 Å². The number of hydrogen-bond donors (Lipinski definition) is 1. The van der Waals surface area contributed by atoms with Crippen molar-refractivity contribution >= 4 is 11.6 Å². The fraction of sp³-hybridized carbons (Fsp3) is 0.190. The number of hydrogen-bond acceptors (Lipinski definition) is 3. The Morgan fingerprint density at radius 1 is 1.14 bits per heavy atom. The molecule has 0 unspecified atom stereocenters. The zero-order valence-electron chi connectivity index (χ0n) is 15.8. The monoisotopic (exact) mass is 377 g/mol. The molecule has 6 nitrogen and oxygen atoms in total. The first kappa shape index (κ1) is 17.9. The van der Waals surface area contributed by atoms with Gasteiger partial charge in [-0.25, -0.2) is 9.37 Å². The number of carbonyl (C=O) groups is 1. The Morgan fingerprint density at radius 3 is 2.57 bits per heavy atom. The van der Waals surface area contributed by atoms with Crippen LogP contribution in [0.4, 0.5) is 4.39 Å². The summed E-state index contributed by atoms with van der Waals surface area (Å²) in [5.41, 5.74) is 4.78. The maximum Gasteiger partial charge on any atom is 0.253 e. The molecule has 0 saturated carbocycles. The van der Waals surface area contributed by atoms with Crippen molar-refractivity contribution in [1.82, 2.24) is 24.5 Å². The molecule has 0 bridgehead atoms. The molecule has 3 aromatic heterocycles. The maximum atomic E-state index is 13.1. The highest BCUT2D eigenvalue weighted by molar-refractivity contribution is 5.94. The summed E-state index contributed by atoms with van der Waals surface area (Å²) in [4.78, 5) is 17.2. The largest absolute Gasteiger partial charge is 0.345 e. The van der Waals surface area contributed by atoms with E-state index < -0.39 is 0 Å². The quantitative estimate of drug-likeness (QED) is 0.590. The number of pyridine rings is 1. The normalized spacial score (nSPS) is 12.3. The van der Waals surface area contributed by atoms with Gasteiger partial charge in [-0.2, -0.15) is 5.10 Å². The highest BCUT2D eigenvalue weighted by Crippen LogP contribution is 2.21. The van der Waals surface area contributed by atoms with Crippen LogP contribution in [0.15, 0.2) is 55.0 Å². The Kier molecular flexibility index (Phi) is 4.43. The molecule has 1 amide bonds. The van der Waals surface area contributed by atoms with Crippen LogP contribution in [0.1, 0.15) is 34.6 Å². The van der Waals surface area contributed by atoms with Gasteiger partial charge >= 0.3 is 0 Å². The minimum atomic E-state index is -0.288. The average Bonchev–Trinajstić information content (AvgIpc) is 3.25. The second kappa shape index (κ2) is 6.92. The number of amides is 1. The molecule has 0 radical (unpaired) electrons. The predicted octanol–water partition coefficient (Wildman–Crippen LogP) is 3.67. The SMILES string of the molecule is Cc1c([C@H](C)NC(=O)c2ccc3nc(-c4ccc(F)cc4)cn3c2)cnn1C. The van der Waals surface area contributed by atoms with Gasteiger partial charge in [0, 0.05) is 36.3 Å². The van der Waals surface area contributed by atoms with E-state index in [1.807, 2.05) is 27.1 Å². The second-order valence-corrected chi connectivity index (χ2v) is 6.82. The van der Waals surface area contributed by atoms with Crippen molar-refractivity contribution < 1.29 is 9.18 Å². The Bertz CT molecular complexity index is 1160. The van der Waals surface area contributed by atoms with Gasteiger partial charge in [0.15, 0.2) is 0 Å². The Balaban J connectivity index is 1.57. The van der Waals surface area contributed by atoms with Crippen LogP contribution in [0.2, 0.25) is 0 Å². The fourth-order valence-electron chi connectivity index (χ4n) is 3.18. The van der Waals surface area contributed by atoms with E-state index in [9.17, 15) is 9.18 Å². The second-order valence-electron chi connectivity index (χ2n) is 6.82. The van der Waals surface area contributed by atoms with Crippen molar-refractivity contribution in [3.8, 4) is 11.3 Å². The molecule has 0 spiro atoms.